The number of carbonyl (C=O) groups excluding carboxylic acids is 1. The van der Waals surface area contributed by atoms with Gasteiger partial charge in [0.2, 0.25) is 0 Å². The first kappa shape index (κ1) is 17.1. The predicted octanol–water partition coefficient (Wildman–Crippen LogP) is 3.96. The third-order valence-corrected chi connectivity index (χ3v) is 4.06. The number of ether oxygens (including phenoxy) is 1. The molecule has 3 nitrogen and oxygen atoms in total. The van der Waals surface area contributed by atoms with E-state index >= 15 is 0 Å². The van der Waals surface area contributed by atoms with Crippen molar-refractivity contribution in [3.8, 4) is 0 Å². The number of aliphatic hydroxyl groups excluding tert-OH is 1. The molecule has 1 atom stereocenters. The van der Waals surface area contributed by atoms with Crippen LogP contribution in [0.5, 0.6) is 0 Å². The van der Waals surface area contributed by atoms with Gasteiger partial charge < -0.3 is 9.84 Å². The first-order chi connectivity index (χ1) is 9.63. The van der Waals surface area contributed by atoms with Gasteiger partial charge in [0.1, 0.15) is 0 Å². The molecule has 0 spiro atoms. The van der Waals surface area contributed by atoms with Crippen molar-refractivity contribution in [3.05, 3.63) is 29.8 Å². The number of esters is 1. The van der Waals surface area contributed by atoms with E-state index in [0.29, 0.717) is 13.0 Å². The lowest BCUT2D eigenvalue weighted by Crippen LogP contribution is -2.03. The van der Waals surface area contributed by atoms with E-state index in [0.717, 1.165) is 30.6 Å². The molecule has 0 fully saturated rings. The Balaban J connectivity index is 2.10. The zero-order valence-electron chi connectivity index (χ0n) is 12.3. The van der Waals surface area contributed by atoms with Crippen LogP contribution in [-0.2, 0) is 9.53 Å². The molecule has 0 amide bonds. The molecule has 0 aromatic heterocycles. The highest BCUT2D eigenvalue weighted by atomic mass is 32.2. The molecular weight excluding hydrogens is 272 g/mol. The van der Waals surface area contributed by atoms with E-state index in [1.807, 2.05) is 43.0 Å². The fourth-order valence-corrected chi connectivity index (χ4v) is 2.73. The summed E-state index contributed by atoms with van der Waals surface area (Å²) < 4.78 is 4.88. The zero-order chi connectivity index (χ0) is 14.8. The van der Waals surface area contributed by atoms with Crippen LogP contribution in [0.25, 0.3) is 0 Å². The minimum atomic E-state index is -0.406. The van der Waals surface area contributed by atoms with Crippen molar-refractivity contribution in [1.29, 1.82) is 0 Å². The lowest BCUT2D eigenvalue weighted by molar-refractivity contribution is -0.143. The van der Waals surface area contributed by atoms with Gasteiger partial charge in [-0.15, -0.1) is 11.8 Å². The Bertz CT molecular complexity index is 387. The van der Waals surface area contributed by atoms with E-state index in [2.05, 4.69) is 0 Å². The minimum absolute atomic E-state index is 0.0890. The van der Waals surface area contributed by atoms with Crippen LogP contribution in [0.4, 0.5) is 0 Å². The van der Waals surface area contributed by atoms with Crippen molar-refractivity contribution in [2.75, 3.05) is 12.4 Å². The van der Waals surface area contributed by atoms with Crippen molar-refractivity contribution >= 4 is 17.7 Å². The van der Waals surface area contributed by atoms with E-state index in [-0.39, 0.29) is 5.97 Å². The van der Waals surface area contributed by atoms with Crippen molar-refractivity contribution in [1.82, 2.24) is 0 Å². The van der Waals surface area contributed by atoms with Gasteiger partial charge in [-0.2, -0.15) is 0 Å². The fraction of sp³-hybridized carbons (Fsp3) is 0.562. The molecule has 20 heavy (non-hydrogen) atoms. The van der Waals surface area contributed by atoms with Crippen molar-refractivity contribution in [2.45, 2.75) is 50.5 Å². The summed E-state index contributed by atoms with van der Waals surface area (Å²) in [5.74, 6) is 0.963. The number of hydrogen-bond donors (Lipinski definition) is 1. The van der Waals surface area contributed by atoms with Crippen LogP contribution < -0.4 is 0 Å². The predicted molar refractivity (Wildman–Crippen MR) is 82.9 cm³/mol. The lowest BCUT2D eigenvalue weighted by atomic mass is 10.1. The molecule has 1 N–H and O–H groups in total. The van der Waals surface area contributed by atoms with Crippen LogP contribution >= 0.6 is 11.8 Å². The number of benzene rings is 1. The SMILES string of the molecule is CCOC(=O)CCCCCSc1ccc(C(C)O)cc1. The van der Waals surface area contributed by atoms with Crippen LogP contribution in [0, 0.1) is 0 Å². The second-order valence-corrected chi connectivity index (χ2v) is 5.88. The maximum absolute atomic E-state index is 11.1. The number of hydrogen-bond acceptors (Lipinski definition) is 4. The quantitative estimate of drug-likeness (QED) is 0.426. The third-order valence-electron chi connectivity index (χ3n) is 2.96. The summed E-state index contributed by atoms with van der Waals surface area (Å²) in [4.78, 5) is 12.4. The largest absolute Gasteiger partial charge is 0.466 e. The lowest BCUT2D eigenvalue weighted by Gasteiger charge is -2.06. The Morgan fingerprint density at radius 1 is 1.25 bits per heavy atom. The summed E-state index contributed by atoms with van der Waals surface area (Å²) in [5.41, 5.74) is 0.948. The second kappa shape index (κ2) is 9.83. The van der Waals surface area contributed by atoms with Gasteiger partial charge in [-0.05, 0) is 50.1 Å². The van der Waals surface area contributed by atoms with Crippen LogP contribution in [0.2, 0.25) is 0 Å². The normalized spacial score (nSPS) is 12.2. The molecule has 1 aromatic carbocycles. The molecule has 0 aliphatic heterocycles. The molecule has 1 rings (SSSR count). The summed E-state index contributed by atoms with van der Waals surface area (Å²) in [7, 11) is 0. The molecule has 0 aliphatic carbocycles. The van der Waals surface area contributed by atoms with Gasteiger partial charge in [-0.25, -0.2) is 0 Å². The van der Waals surface area contributed by atoms with Crippen LogP contribution in [0.15, 0.2) is 29.2 Å². The van der Waals surface area contributed by atoms with E-state index in [1.165, 1.54) is 4.90 Å². The molecular formula is C16H24O3S. The molecule has 1 unspecified atom stereocenters. The molecule has 4 heteroatoms. The van der Waals surface area contributed by atoms with E-state index < -0.39 is 6.10 Å². The smallest absolute Gasteiger partial charge is 0.305 e. The Kier molecular flexibility index (Phi) is 8.38. The van der Waals surface area contributed by atoms with E-state index in [1.54, 1.807) is 6.92 Å². The van der Waals surface area contributed by atoms with Gasteiger partial charge in [0, 0.05) is 11.3 Å². The Hall–Kier alpha value is -1.00. The summed E-state index contributed by atoms with van der Waals surface area (Å²) in [5, 5.41) is 9.43. The Labute approximate surface area is 125 Å². The Morgan fingerprint density at radius 3 is 2.55 bits per heavy atom. The Morgan fingerprint density at radius 2 is 1.95 bits per heavy atom. The number of unbranched alkanes of at least 4 members (excludes halogenated alkanes) is 2. The highest BCUT2D eigenvalue weighted by Gasteiger charge is 2.02. The van der Waals surface area contributed by atoms with Gasteiger partial charge in [0.05, 0.1) is 12.7 Å². The van der Waals surface area contributed by atoms with Gasteiger partial charge in [-0.1, -0.05) is 18.6 Å². The second-order valence-electron chi connectivity index (χ2n) is 4.71. The molecule has 0 saturated carbocycles. The summed E-state index contributed by atoms with van der Waals surface area (Å²) in [6.45, 7) is 4.07. The van der Waals surface area contributed by atoms with Crippen LogP contribution in [0.1, 0.15) is 51.2 Å². The van der Waals surface area contributed by atoms with Gasteiger partial charge >= 0.3 is 5.97 Å². The first-order valence-corrected chi connectivity index (χ1v) is 8.18. The third kappa shape index (κ3) is 6.96. The molecule has 0 bridgehead atoms. The summed E-state index contributed by atoms with van der Waals surface area (Å²) >= 11 is 1.81. The van der Waals surface area contributed by atoms with Crippen molar-refractivity contribution in [2.24, 2.45) is 0 Å². The molecule has 0 aliphatic rings. The van der Waals surface area contributed by atoms with Gasteiger partial charge in [-0.3, -0.25) is 4.79 Å². The van der Waals surface area contributed by atoms with Crippen molar-refractivity contribution < 1.29 is 14.6 Å². The summed E-state index contributed by atoms with van der Waals surface area (Å²) in [6, 6.07) is 8.03. The maximum atomic E-state index is 11.1. The first-order valence-electron chi connectivity index (χ1n) is 7.20. The summed E-state index contributed by atoms with van der Waals surface area (Å²) in [6.07, 6.45) is 3.18. The van der Waals surface area contributed by atoms with Gasteiger partial charge in [0.15, 0.2) is 0 Å². The molecule has 112 valence electrons. The molecule has 1 aromatic rings. The van der Waals surface area contributed by atoms with Crippen LogP contribution in [0.3, 0.4) is 0 Å². The van der Waals surface area contributed by atoms with Crippen molar-refractivity contribution in [3.63, 3.8) is 0 Å². The zero-order valence-corrected chi connectivity index (χ0v) is 13.1. The highest BCUT2D eigenvalue weighted by Crippen LogP contribution is 2.22. The molecule has 0 saturated heterocycles. The van der Waals surface area contributed by atoms with Crippen LogP contribution in [-0.4, -0.2) is 23.4 Å². The topological polar surface area (TPSA) is 46.5 Å². The number of carbonyl (C=O) groups is 1. The molecule has 0 radical (unpaired) electrons. The molecule has 0 heterocycles. The van der Waals surface area contributed by atoms with Gasteiger partial charge in [0.25, 0.3) is 0 Å². The average molecular weight is 296 g/mol. The minimum Gasteiger partial charge on any atom is -0.466 e. The standard InChI is InChI=1S/C16H24O3S/c1-3-19-16(18)7-5-4-6-12-20-15-10-8-14(9-11-15)13(2)17/h8-11,13,17H,3-7,12H2,1-2H3. The maximum Gasteiger partial charge on any atom is 0.305 e. The monoisotopic (exact) mass is 296 g/mol. The average Bonchev–Trinajstić information content (AvgIpc) is 2.43. The van der Waals surface area contributed by atoms with E-state index in [9.17, 15) is 9.90 Å². The number of rotatable bonds is 9. The number of thioether (sulfide) groups is 1. The fourth-order valence-electron chi connectivity index (χ4n) is 1.81. The number of aliphatic hydroxyl groups is 1. The van der Waals surface area contributed by atoms with E-state index in [4.69, 9.17) is 4.74 Å². The highest BCUT2D eigenvalue weighted by molar-refractivity contribution is 7.99.